The average Bonchev–Trinajstić information content (AvgIpc) is 3.68. The largest absolute Gasteiger partial charge is 0.480 e. The standard InChI is InChI=1S/C62H115N11O11/c1-2-3-4-5-6-7-8-9-10-11-12-23-56(76)69-52(60(80)70-53(61(81)82)49-83-62-59(79)58(78)57(77)54(48-74)84-62)21-13-15-33-68-55(75)22-14-16-39-71-40-18-31-67-38-45-73(42-20-32-66-36-43-71)47-51-26-24-50(25-27-51)46-72-41-19-30-64-35-34-63-28-17-29-65-37-44-72/h24-27,52-54,57-59,62-67,74,77-79H,2-23,28-49H2,1H3,(H,68,75)(H,69,76)(H,70,80)(H,81,82)/t52-,53-,54-,57-,58-,59-,62+/m0/s1. The van der Waals surface area contributed by atoms with Gasteiger partial charge in [-0.05, 0) is 134 Å². The number of carbonyl (C=O) groups excluding carboxylic acids is 3. The number of nitrogens with zero attached hydrogens (tertiary/aromatic N) is 3. The smallest absolute Gasteiger partial charge is 0.328 e. The molecule has 3 fully saturated rings. The molecule has 1 aromatic carbocycles. The molecule has 22 nitrogen and oxygen atoms in total. The van der Waals surface area contributed by atoms with Gasteiger partial charge >= 0.3 is 5.97 Å². The summed E-state index contributed by atoms with van der Waals surface area (Å²) >= 11 is 0. The molecular weight excluding hydrogens is 1070 g/mol. The summed E-state index contributed by atoms with van der Waals surface area (Å²) in [5, 5.41) is 76.5. The van der Waals surface area contributed by atoms with Gasteiger partial charge in [0.05, 0.1) is 13.2 Å². The SMILES string of the molecule is CCCCCCCCCCCCCC(=O)N[C@@H](CCCCNC(=O)CCCCN1CCCNCCN(Cc2ccc(CN3CCCNCCNCCCNCC3)cc2)CCCNCC1)C(=O)N[C@@H](CO[C@@H]1O[C@@H](CO)[C@H](O)[C@H](O)[C@@H]1O)C(=O)O. The average molecular weight is 1190 g/mol. The van der Waals surface area contributed by atoms with Crippen LogP contribution in [0.2, 0.25) is 0 Å². The monoisotopic (exact) mass is 1190 g/mol. The molecule has 0 bridgehead atoms. The van der Waals surface area contributed by atoms with E-state index >= 15 is 0 Å². The highest BCUT2D eigenvalue weighted by Gasteiger charge is 2.44. The van der Waals surface area contributed by atoms with E-state index in [1.165, 1.54) is 56.1 Å². The number of unbranched alkanes of at least 4 members (excludes halogenated alkanes) is 12. The summed E-state index contributed by atoms with van der Waals surface area (Å²) in [5.41, 5.74) is 2.73. The first-order valence-corrected chi connectivity index (χ1v) is 32.8. The van der Waals surface area contributed by atoms with Crippen LogP contribution in [0, 0.1) is 0 Å². The highest BCUT2D eigenvalue weighted by Crippen LogP contribution is 2.22. The second-order valence-electron chi connectivity index (χ2n) is 23.5. The highest BCUT2D eigenvalue weighted by molar-refractivity contribution is 5.90. The summed E-state index contributed by atoms with van der Waals surface area (Å²) in [6.07, 6.45) is 12.4. The zero-order valence-electron chi connectivity index (χ0n) is 51.5. The van der Waals surface area contributed by atoms with E-state index in [0.29, 0.717) is 32.2 Å². The third-order valence-corrected chi connectivity index (χ3v) is 16.2. The second kappa shape index (κ2) is 46.7. The molecule has 0 saturated carbocycles. The number of hydrogen-bond donors (Lipinski definition) is 13. The van der Waals surface area contributed by atoms with Crippen molar-refractivity contribution in [2.75, 3.05) is 131 Å². The molecule has 3 aliphatic heterocycles. The lowest BCUT2D eigenvalue weighted by atomic mass is 9.99. The van der Waals surface area contributed by atoms with Crippen molar-refractivity contribution in [3.05, 3.63) is 35.4 Å². The van der Waals surface area contributed by atoms with Gasteiger partial charge in [0.25, 0.3) is 0 Å². The number of hydrogen-bond acceptors (Lipinski definition) is 18. The van der Waals surface area contributed by atoms with Crippen LogP contribution in [0.15, 0.2) is 24.3 Å². The Labute approximate surface area is 503 Å². The molecule has 3 amide bonds. The summed E-state index contributed by atoms with van der Waals surface area (Å²) in [6, 6.07) is 6.61. The molecule has 0 aromatic heterocycles. The van der Waals surface area contributed by atoms with E-state index in [4.69, 9.17) is 9.47 Å². The molecular formula is C62H115N11O11. The molecule has 0 unspecified atom stereocenters. The molecule has 84 heavy (non-hydrogen) atoms. The number of carbonyl (C=O) groups is 4. The highest BCUT2D eigenvalue weighted by atomic mass is 16.7. The van der Waals surface area contributed by atoms with Gasteiger partial charge in [-0.1, -0.05) is 95.4 Å². The van der Waals surface area contributed by atoms with E-state index in [9.17, 15) is 44.7 Å². The van der Waals surface area contributed by atoms with Crippen molar-refractivity contribution < 1.29 is 54.2 Å². The summed E-state index contributed by atoms with van der Waals surface area (Å²) in [6.45, 7) is 20.2. The maximum Gasteiger partial charge on any atom is 0.328 e. The van der Waals surface area contributed by atoms with E-state index in [1.54, 1.807) is 0 Å². The van der Waals surface area contributed by atoms with Crippen LogP contribution >= 0.6 is 0 Å². The fourth-order valence-electron chi connectivity index (χ4n) is 11.0. The summed E-state index contributed by atoms with van der Waals surface area (Å²) in [7, 11) is 0. The summed E-state index contributed by atoms with van der Waals surface area (Å²) in [4.78, 5) is 59.7. The van der Waals surface area contributed by atoms with Crippen molar-refractivity contribution in [3.63, 3.8) is 0 Å². The second-order valence-corrected chi connectivity index (χ2v) is 23.5. The Hall–Kier alpha value is -3.46. The third kappa shape index (κ3) is 33.0. The molecule has 3 heterocycles. The summed E-state index contributed by atoms with van der Waals surface area (Å²) < 4.78 is 10.8. The van der Waals surface area contributed by atoms with Crippen molar-refractivity contribution in [2.24, 2.45) is 0 Å². The zero-order chi connectivity index (χ0) is 60.2. The van der Waals surface area contributed by atoms with Crippen LogP contribution in [0.5, 0.6) is 0 Å². The lowest BCUT2D eigenvalue weighted by molar-refractivity contribution is -0.301. The van der Waals surface area contributed by atoms with E-state index in [-0.39, 0.29) is 24.7 Å². The molecule has 4 rings (SSSR count). The number of nitrogens with one attached hydrogen (secondary N) is 8. The predicted molar refractivity (Wildman–Crippen MR) is 329 cm³/mol. The Morgan fingerprint density at radius 3 is 1.62 bits per heavy atom. The number of aliphatic carboxylic acids is 1. The fourth-order valence-corrected chi connectivity index (χ4v) is 11.0. The number of benzene rings is 1. The quantitative estimate of drug-likeness (QED) is 0.0440. The minimum atomic E-state index is -1.76. The number of carboxylic acid groups (broad SMARTS) is 1. The fraction of sp³-hybridized carbons (Fsp3) is 0.839. The number of aliphatic hydroxyl groups excluding tert-OH is 4. The topological polar surface area (TPSA) is 294 Å². The van der Waals surface area contributed by atoms with Crippen molar-refractivity contribution in [2.45, 2.75) is 204 Å². The van der Waals surface area contributed by atoms with E-state index < -0.39 is 67.9 Å². The third-order valence-electron chi connectivity index (χ3n) is 16.2. The first-order valence-electron chi connectivity index (χ1n) is 32.8. The van der Waals surface area contributed by atoms with Crippen LogP contribution in [-0.4, -0.2) is 238 Å². The number of rotatable bonds is 34. The molecule has 13 N–H and O–H groups in total. The normalized spacial score (nSPS) is 22.9. The number of aliphatic hydroxyl groups is 4. The molecule has 0 aliphatic carbocycles. The van der Waals surface area contributed by atoms with Gasteiger partial charge in [-0.2, -0.15) is 0 Å². The lowest BCUT2D eigenvalue weighted by Gasteiger charge is -2.39. The van der Waals surface area contributed by atoms with Crippen molar-refractivity contribution in [1.82, 2.24) is 57.2 Å². The Bertz CT molecular complexity index is 1830. The molecule has 1 aromatic rings. The minimum absolute atomic E-state index is 0.0408. The lowest BCUT2D eigenvalue weighted by Crippen LogP contribution is -2.60. The Kier molecular flexibility index (Phi) is 40.6. The van der Waals surface area contributed by atoms with Gasteiger partial charge in [0.15, 0.2) is 12.3 Å². The summed E-state index contributed by atoms with van der Waals surface area (Å²) in [5.74, 6) is -2.55. The molecule has 484 valence electrons. The van der Waals surface area contributed by atoms with Crippen LogP contribution in [0.1, 0.15) is 159 Å². The number of carboxylic acids is 1. The van der Waals surface area contributed by atoms with Gasteiger partial charge in [0.2, 0.25) is 17.7 Å². The van der Waals surface area contributed by atoms with Gasteiger partial charge < -0.3 is 82.4 Å². The van der Waals surface area contributed by atoms with Crippen LogP contribution in [0.3, 0.4) is 0 Å². The molecule has 22 heteroatoms. The molecule has 0 radical (unpaired) electrons. The van der Waals surface area contributed by atoms with E-state index in [2.05, 4.69) is 88.4 Å². The predicted octanol–water partition coefficient (Wildman–Crippen LogP) is 2.16. The van der Waals surface area contributed by atoms with Crippen LogP contribution in [0.4, 0.5) is 0 Å². The first-order chi connectivity index (χ1) is 41.0. The first kappa shape index (κ1) is 73.0. The molecule has 7 atom stereocenters. The van der Waals surface area contributed by atoms with Crippen LogP contribution < -0.4 is 42.5 Å². The van der Waals surface area contributed by atoms with Crippen molar-refractivity contribution >= 4 is 23.7 Å². The Morgan fingerprint density at radius 2 is 1.06 bits per heavy atom. The van der Waals surface area contributed by atoms with Gasteiger partial charge in [0.1, 0.15) is 30.5 Å². The van der Waals surface area contributed by atoms with E-state index in [1.807, 2.05) is 0 Å². The Balaban J connectivity index is 1.13. The number of ether oxygens (including phenoxy) is 2. The maximum atomic E-state index is 13.7. The van der Waals surface area contributed by atoms with Gasteiger partial charge in [-0.15, -0.1) is 0 Å². The van der Waals surface area contributed by atoms with Gasteiger partial charge in [0, 0.05) is 84.8 Å². The molecule has 3 aliphatic rings. The van der Waals surface area contributed by atoms with Crippen molar-refractivity contribution in [3.8, 4) is 0 Å². The number of amides is 3. The zero-order valence-corrected chi connectivity index (χ0v) is 51.5. The maximum absolute atomic E-state index is 13.7. The van der Waals surface area contributed by atoms with Crippen molar-refractivity contribution in [1.29, 1.82) is 0 Å². The van der Waals surface area contributed by atoms with Crippen LogP contribution in [0.25, 0.3) is 0 Å². The van der Waals surface area contributed by atoms with E-state index in [0.717, 1.165) is 182 Å². The van der Waals surface area contributed by atoms with Crippen LogP contribution in [-0.2, 0) is 41.7 Å². The van der Waals surface area contributed by atoms with Gasteiger partial charge in [-0.3, -0.25) is 24.2 Å². The molecule has 0 spiro atoms. The minimum Gasteiger partial charge on any atom is -0.480 e. The Morgan fingerprint density at radius 1 is 0.560 bits per heavy atom. The molecule has 3 saturated heterocycles. The van der Waals surface area contributed by atoms with Gasteiger partial charge in [-0.25, -0.2) is 4.79 Å².